The Hall–Kier alpha value is -1.42. The highest BCUT2D eigenvalue weighted by molar-refractivity contribution is 5.58. The van der Waals surface area contributed by atoms with Gasteiger partial charge in [0.05, 0.1) is 20.3 Å². The van der Waals surface area contributed by atoms with E-state index in [2.05, 4.69) is 0 Å². The highest BCUT2D eigenvalue weighted by atomic mass is 16.5. The van der Waals surface area contributed by atoms with E-state index in [1.54, 1.807) is 14.2 Å². The van der Waals surface area contributed by atoms with Gasteiger partial charge in [0, 0.05) is 5.56 Å². The summed E-state index contributed by atoms with van der Waals surface area (Å²) < 4.78 is 15.8. The van der Waals surface area contributed by atoms with Crippen LogP contribution in [0.15, 0.2) is 12.1 Å². The van der Waals surface area contributed by atoms with Crippen LogP contribution in [0.4, 0.5) is 0 Å². The van der Waals surface area contributed by atoms with Crippen LogP contribution in [0.3, 0.4) is 0 Å². The normalized spacial score (nSPS) is 18.6. The quantitative estimate of drug-likeness (QED) is 0.767. The molecule has 0 saturated carbocycles. The van der Waals surface area contributed by atoms with Crippen molar-refractivity contribution in [2.24, 2.45) is 5.73 Å². The van der Waals surface area contributed by atoms with Crippen molar-refractivity contribution in [2.45, 2.75) is 6.04 Å². The first-order chi connectivity index (χ1) is 6.77. The van der Waals surface area contributed by atoms with Crippen LogP contribution in [-0.4, -0.2) is 20.8 Å². The summed E-state index contributed by atoms with van der Waals surface area (Å²) in [6.07, 6.45) is 0. The summed E-state index contributed by atoms with van der Waals surface area (Å²) in [6.45, 7) is 0.499. The van der Waals surface area contributed by atoms with Crippen LogP contribution in [0, 0.1) is 0 Å². The summed E-state index contributed by atoms with van der Waals surface area (Å²) in [4.78, 5) is 0. The van der Waals surface area contributed by atoms with Gasteiger partial charge in [-0.25, -0.2) is 0 Å². The Labute approximate surface area is 82.6 Å². The summed E-state index contributed by atoms with van der Waals surface area (Å²) in [5, 5.41) is 0. The zero-order chi connectivity index (χ0) is 10.1. The molecule has 0 radical (unpaired) electrons. The lowest BCUT2D eigenvalue weighted by atomic mass is 10.1. The van der Waals surface area contributed by atoms with Gasteiger partial charge in [-0.05, 0) is 12.1 Å². The minimum Gasteiger partial charge on any atom is -0.493 e. The molecule has 0 amide bonds. The highest BCUT2D eigenvalue weighted by Gasteiger charge is 2.26. The number of hydrogen-bond donors (Lipinski definition) is 1. The van der Waals surface area contributed by atoms with Crippen molar-refractivity contribution in [1.82, 2.24) is 0 Å². The third-order valence-corrected chi connectivity index (χ3v) is 2.34. The molecule has 1 heterocycles. The summed E-state index contributed by atoms with van der Waals surface area (Å²) >= 11 is 0. The fourth-order valence-corrected chi connectivity index (χ4v) is 1.62. The van der Waals surface area contributed by atoms with E-state index in [-0.39, 0.29) is 6.04 Å². The topological polar surface area (TPSA) is 53.7 Å². The van der Waals surface area contributed by atoms with Gasteiger partial charge >= 0.3 is 0 Å². The van der Waals surface area contributed by atoms with E-state index in [0.717, 1.165) is 5.56 Å². The van der Waals surface area contributed by atoms with Crippen molar-refractivity contribution in [3.63, 3.8) is 0 Å². The monoisotopic (exact) mass is 195 g/mol. The maximum Gasteiger partial charge on any atom is 0.203 e. The second-order valence-corrected chi connectivity index (χ2v) is 3.14. The van der Waals surface area contributed by atoms with Crippen LogP contribution >= 0.6 is 0 Å². The molecule has 0 aliphatic carbocycles. The Kier molecular flexibility index (Phi) is 2.21. The second-order valence-electron chi connectivity index (χ2n) is 3.14. The predicted molar refractivity (Wildman–Crippen MR) is 52.0 cm³/mol. The first kappa shape index (κ1) is 9.15. The van der Waals surface area contributed by atoms with E-state index in [1.165, 1.54) is 0 Å². The standard InChI is InChI=1S/C10H13NO3/c1-12-8-4-3-6-7(11)5-14-9(6)10(8)13-2/h3-4,7H,5,11H2,1-2H3/t7-/m0/s1. The second kappa shape index (κ2) is 3.38. The van der Waals surface area contributed by atoms with Crippen molar-refractivity contribution < 1.29 is 14.2 Å². The Morgan fingerprint density at radius 1 is 1.36 bits per heavy atom. The van der Waals surface area contributed by atoms with Crippen LogP contribution in [0.25, 0.3) is 0 Å². The van der Waals surface area contributed by atoms with Gasteiger partial charge in [-0.15, -0.1) is 0 Å². The SMILES string of the molecule is COc1ccc2c(c1OC)OC[C@@H]2N. The number of methoxy groups -OCH3 is 2. The number of rotatable bonds is 2. The molecule has 0 unspecified atom stereocenters. The zero-order valence-electron chi connectivity index (χ0n) is 8.24. The lowest BCUT2D eigenvalue weighted by Crippen LogP contribution is -2.10. The molecular formula is C10H13NO3. The van der Waals surface area contributed by atoms with Crippen LogP contribution in [0.2, 0.25) is 0 Å². The molecule has 0 saturated heterocycles. The van der Waals surface area contributed by atoms with Gasteiger partial charge < -0.3 is 19.9 Å². The van der Waals surface area contributed by atoms with E-state index in [9.17, 15) is 0 Å². The third kappa shape index (κ3) is 1.19. The molecule has 0 spiro atoms. The van der Waals surface area contributed by atoms with Crippen LogP contribution in [0.1, 0.15) is 11.6 Å². The molecule has 2 rings (SSSR count). The summed E-state index contributed by atoms with van der Waals surface area (Å²) in [6, 6.07) is 3.69. The van der Waals surface area contributed by atoms with E-state index in [0.29, 0.717) is 23.9 Å². The molecule has 4 heteroatoms. The van der Waals surface area contributed by atoms with E-state index in [4.69, 9.17) is 19.9 Å². The van der Waals surface area contributed by atoms with Gasteiger partial charge in [0.2, 0.25) is 5.75 Å². The molecule has 1 aliphatic heterocycles. The average Bonchev–Trinajstić information content (AvgIpc) is 2.59. The van der Waals surface area contributed by atoms with E-state index >= 15 is 0 Å². The van der Waals surface area contributed by atoms with Crippen molar-refractivity contribution >= 4 is 0 Å². The molecule has 1 atom stereocenters. The first-order valence-corrected chi connectivity index (χ1v) is 4.41. The third-order valence-electron chi connectivity index (χ3n) is 2.34. The fourth-order valence-electron chi connectivity index (χ4n) is 1.62. The largest absolute Gasteiger partial charge is 0.493 e. The van der Waals surface area contributed by atoms with Gasteiger partial charge in [0.15, 0.2) is 11.5 Å². The zero-order valence-corrected chi connectivity index (χ0v) is 8.24. The predicted octanol–water partition coefficient (Wildman–Crippen LogP) is 1.10. The van der Waals surface area contributed by atoms with Gasteiger partial charge in [0.1, 0.15) is 6.61 Å². The lowest BCUT2D eigenvalue weighted by molar-refractivity contribution is 0.299. The molecule has 0 fully saturated rings. The number of benzene rings is 1. The number of hydrogen-bond acceptors (Lipinski definition) is 4. The molecule has 1 aromatic carbocycles. The minimum atomic E-state index is -0.0650. The molecule has 1 aromatic rings. The number of nitrogens with two attached hydrogens (primary N) is 1. The molecule has 0 aromatic heterocycles. The molecule has 4 nitrogen and oxygen atoms in total. The lowest BCUT2D eigenvalue weighted by Gasteiger charge is -2.11. The fraction of sp³-hybridized carbons (Fsp3) is 0.400. The average molecular weight is 195 g/mol. The minimum absolute atomic E-state index is 0.0650. The van der Waals surface area contributed by atoms with Gasteiger partial charge in [-0.2, -0.15) is 0 Å². The van der Waals surface area contributed by atoms with E-state index in [1.807, 2.05) is 12.1 Å². The van der Waals surface area contributed by atoms with Crippen LogP contribution < -0.4 is 19.9 Å². The molecule has 1 aliphatic rings. The van der Waals surface area contributed by atoms with Gasteiger partial charge in [-0.3, -0.25) is 0 Å². The molecule has 14 heavy (non-hydrogen) atoms. The summed E-state index contributed by atoms with van der Waals surface area (Å²) in [5.74, 6) is 2.00. The van der Waals surface area contributed by atoms with Crippen molar-refractivity contribution in [2.75, 3.05) is 20.8 Å². The van der Waals surface area contributed by atoms with Gasteiger partial charge in [0.25, 0.3) is 0 Å². The summed E-state index contributed by atoms with van der Waals surface area (Å²) in [7, 11) is 3.18. The molecule has 76 valence electrons. The maximum atomic E-state index is 5.84. The molecular weight excluding hydrogens is 182 g/mol. The molecule has 0 bridgehead atoms. The Morgan fingerprint density at radius 3 is 2.79 bits per heavy atom. The summed E-state index contributed by atoms with van der Waals surface area (Å²) in [5.41, 5.74) is 6.81. The van der Waals surface area contributed by atoms with Crippen molar-refractivity contribution in [3.8, 4) is 17.2 Å². The number of fused-ring (bicyclic) bond motifs is 1. The van der Waals surface area contributed by atoms with Crippen LogP contribution in [-0.2, 0) is 0 Å². The molecule has 2 N–H and O–H groups in total. The van der Waals surface area contributed by atoms with Crippen LogP contribution in [0.5, 0.6) is 17.2 Å². The Bertz CT molecular complexity index is 351. The first-order valence-electron chi connectivity index (χ1n) is 4.41. The highest BCUT2D eigenvalue weighted by Crippen LogP contribution is 2.44. The van der Waals surface area contributed by atoms with Crippen molar-refractivity contribution in [1.29, 1.82) is 0 Å². The maximum absolute atomic E-state index is 5.84. The van der Waals surface area contributed by atoms with Crippen molar-refractivity contribution in [3.05, 3.63) is 17.7 Å². The Morgan fingerprint density at radius 2 is 2.14 bits per heavy atom. The Balaban J connectivity index is 2.54. The smallest absolute Gasteiger partial charge is 0.203 e. The van der Waals surface area contributed by atoms with Gasteiger partial charge in [-0.1, -0.05) is 0 Å². The number of ether oxygens (including phenoxy) is 3. The van der Waals surface area contributed by atoms with E-state index < -0.39 is 0 Å².